The molecule has 0 aromatic rings. The van der Waals surface area contributed by atoms with Crippen LogP contribution in [0, 0.1) is 17.3 Å². The average molecular weight is 272 g/mol. The molecule has 1 aliphatic rings. The second-order valence-electron chi connectivity index (χ2n) is 6.36. The van der Waals surface area contributed by atoms with Gasteiger partial charge in [0.2, 0.25) is 5.83 Å². The third-order valence-corrected chi connectivity index (χ3v) is 3.29. The van der Waals surface area contributed by atoms with Gasteiger partial charge in [-0.1, -0.05) is 13.8 Å². The summed E-state index contributed by atoms with van der Waals surface area (Å²) < 4.78 is 23.3. The Kier molecular flexibility index (Phi) is 4.08. The number of esters is 2. The van der Waals surface area contributed by atoms with E-state index in [-0.39, 0.29) is 11.9 Å². The predicted octanol–water partition coefficient (Wildman–Crippen LogP) is 2.63. The van der Waals surface area contributed by atoms with Crippen LogP contribution < -0.4 is 0 Å². The van der Waals surface area contributed by atoms with Gasteiger partial charge in [0.15, 0.2) is 0 Å². The monoisotopic (exact) mass is 272 g/mol. The predicted molar refractivity (Wildman–Crippen MR) is 67.8 cm³/mol. The zero-order chi connectivity index (χ0) is 15.0. The van der Waals surface area contributed by atoms with Crippen molar-refractivity contribution in [2.24, 2.45) is 17.3 Å². The summed E-state index contributed by atoms with van der Waals surface area (Å²) >= 11 is 0. The number of allylic oxidation sites excluding steroid dienone is 1. The Morgan fingerprint density at radius 3 is 2.21 bits per heavy atom. The number of carbonyl (C=O) groups excluding carboxylic acids is 2. The molecule has 1 fully saturated rings. The van der Waals surface area contributed by atoms with Gasteiger partial charge in [-0.05, 0) is 38.2 Å². The van der Waals surface area contributed by atoms with Crippen molar-refractivity contribution in [1.29, 1.82) is 0 Å². The highest BCUT2D eigenvalue weighted by molar-refractivity contribution is 5.87. The van der Waals surface area contributed by atoms with Crippen LogP contribution in [0.4, 0.5) is 4.39 Å². The average Bonchev–Trinajstić information content (AvgIpc) is 2.77. The van der Waals surface area contributed by atoms with Crippen LogP contribution in [-0.4, -0.2) is 24.6 Å². The van der Waals surface area contributed by atoms with Crippen LogP contribution in [0.2, 0.25) is 0 Å². The van der Waals surface area contributed by atoms with Gasteiger partial charge in [0.25, 0.3) is 0 Å². The molecule has 19 heavy (non-hydrogen) atoms. The van der Waals surface area contributed by atoms with Crippen molar-refractivity contribution in [2.45, 2.75) is 40.2 Å². The molecule has 108 valence electrons. The third kappa shape index (κ3) is 3.55. The summed E-state index contributed by atoms with van der Waals surface area (Å²) in [6.45, 7) is 8.65. The zero-order valence-electron chi connectivity index (χ0n) is 12.2. The molecule has 0 saturated heterocycles. The topological polar surface area (TPSA) is 52.6 Å². The van der Waals surface area contributed by atoms with E-state index < -0.39 is 28.7 Å². The number of ether oxygens (including phenoxy) is 2. The van der Waals surface area contributed by atoms with E-state index in [4.69, 9.17) is 4.74 Å². The van der Waals surface area contributed by atoms with Gasteiger partial charge in [-0.3, -0.25) is 4.79 Å². The third-order valence-electron chi connectivity index (χ3n) is 3.29. The molecule has 0 amide bonds. The lowest BCUT2D eigenvalue weighted by molar-refractivity contribution is -0.151. The highest BCUT2D eigenvalue weighted by atomic mass is 19.1. The van der Waals surface area contributed by atoms with E-state index in [1.165, 1.54) is 7.11 Å². The molecule has 1 saturated carbocycles. The number of rotatable bonds is 3. The minimum absolute atomic E-state index is 0.340. The largest absolute Gasteiger partial charge is 0.469 e. The first-order valence-corrected chi connectivity index (χ1v) is 6.19. The summed E-state index contributed by atoms with van der Waals surface area (Å²) in [5.41, 5.74) is -1.14. The molecule has 2 unspecified atom stereocenters. The summed E-state index contributed by atoms with van der Waals surface area (Å²) in [4.78, 5) is 23.0. The van der Waals surface area contributed by atoms with Gasteiger partial charge in [0.1, 0.15) is 5.60 Å². The first-order valence-electron chi connectivity index (χ1n) is 6.19. The van der Waals surface area contributed by atoms with Crippen LogP contribution in [0.25, 0.3) is 0 Å². The number of halogens is 1. The van der Waals surface area contributed by atoms with Crippen molar-refractivity contribution >= 4 is 11.9 Å². The van der Waals surface area contributed by atoms with Crippen molar-refractivity contribution in [3.05, 3.63) is 11.9 Å². The van der Waals surface area contributed by atoms with Gasteiger partial charge in [0, 0.05) is 0 Å². The second-order valence-corrected chi connectivity index (χ2v) is 6.36. The first-order chi connectivity index (χ1) is 8.50. The van der Waals surface area contributed by atoms with E-state index in [2.05, 4.69) is 4.74 Å². The van der Waals surface area contributed by atoms with Crippen LogP contribution in [0.5, 0.6) is 0 Å². The van der Waals surface area contributed by atoms with Crippen molar-refractivity contribution in [3.8, 4) is 0 Å². The van der Waals surface area contributed by atoms with Crippen molar-refractivity contribution in [2.75, 3.05) is 7.11 Å². The summed E-state index contributed by atoms with van der Waals surface area (Å²) in [5.74, 6) is -3.10. The minimum atomic E-state index is -1.00. The smallest absolute Gasteiger partial charge is 0.367 e. The van der Waals surface area contributed by atoms with Gasteiger partial charge in [-0.25, -0.2) is 4.79 Å². The van der Waals surface area contributed by atoms with E-state index >= 15 is 0 Å². The van der Waals surface area contributed by atoms with E-state index in [0.29, 0.717) is 0 Å². The van der Waals surface area contributed by atoms with E-state index in [9.17, 15) is 14.0 Å². The lowest BCUT2D eigenvalue weighted by atomic mass is 10.1. The quantitative estimate of drug-likeness (QED) is 0.585. The normalized spacial score (nSPS) is 25.7. The first kappa shape index (κ1) is 15.7. The Hall–Kier alpha value is -1.39. The Morgan fingerprint density at radius 1 is 1.26 bits per heavy atom. The SMILES string of the molecule is COC(=O)C1C(C=C(F)C(=O)OC(C)(C)C)C1(C)C. The summed E-state index contributed by atoms with van der Waals surface area (Å²) in [6, 6.07) is 0. The van der Waals surface area contributed by atoms with E-state index in [0.717, 1.165) is 6.08 Å². The molecule has 0 aromatic heterocycles. The molecule has 0 radical (unpaired) electrons. The molecule has 1 rings (SSSR count). The molecule has 1 aliphatic carbocycles. The van der Waals surface area contributed by atoms with E-state index in [1.54, 1.807) is 20.8 Å². The summed E-state index contributed by atoms with van der Waals surface area (Å²) in [6.07, 6.45) is 1.16. The molecule has 0 bridgehead atoms. The van der Waals surface area contributed by atoms with Crippen LogP contribution in [0.1, 0.15) is 34.6 Å². The standard InChI is InChI=1S/C14H21FO4/c1-13(2,3)19-11(16)9(15)7-8-10(12(17)18-6)14(8,4)5/h7-8,10H,1-6H3. The van der Waals surface area contributed by atoms with Gasteiger partial charge < -0.3 is 9.47 Å². The highest BCUT2D eigenvalue weighted by Crippen LogP contribution is 2.59. The Morgan fingerprint density at radius 2 is 1.79 bits per heavy atom. The lowest BCUT2D eigenvalue weighted by Gasteiger charge is -2.18. The molecular weight excluding hydrogens is 251 g/mol. The molecule has 0 spiro atoms. The molecule has 2 atom stereocenters. The zero-order valence-corrected chi connectivity index (χ0v) is 12.2. The fourth-order valence-corrected chi connectivity index (χ4v) is 2.12. The molecular formula is C14H21FO4. The number of hydrogen-bond donors (Lipinski definition) is 0. The molecule has 0 aliphatic heterocycles. The van der Waals surface area contributed by atoms with Crippen LogP contribution >= 0.6 is 0 Å². The van der Waals surface area contributed by atoms with Crippen molar-refractivity contribution < 1.29 is 23.5 Å². The van der Waals surface area contributed by atoms with Crippen LogP contribution in [-0.2, 0) is 19.1 Å². The van der Waals surface area contributed by atoms with Gasteiger partial charge in [0.05, 0.1) is 13.0 Å². The van der Waals surface area contributed by atoms with Crippen LogP contribution in [0.3, 0.4) is 0 Å². The second kappa shape index (κ2) is 4.94. The highest BCUT2D eigenvalue weighted by Gasteiger charge is 2.61. The van der Waals surface area contributed by atoms with Crippen molar-refractivity contribution in [3.63, 3.8) is 0 Å². The van der Waals surface area contributed by atoms with Gasteiger partial charge >= 0.3 is 11.9 Å². The van der Waals surface area contributed by atoms with Gasteiger partial charge in [-0.2, -0.15) is 4.39 Å². The Balaban J connectivity index is 2.76. The summed E-state index contributed by atoms with van der Waals surface area (Å²) in [5, 5.41) is 0. The fourth-order valence-electron chi connectivity index (χ4n) is 2.12. The minimum Gasteiger partial charge on any atom is -0.469 e. The van der Waals surface area contributed by atoms with Crippen LogP contribution in [0.15, 0.2) is 11.9 Å². The molecule has 0 aromatic carbocycles. The molecule has 5 heteroatoms. The molecule has 0 N–H and O–H groups in total. The summed E-state index contributed by atoms with van der Waals surface area (Å²) in [7, 11) is 1.29. The van der Waals surface area contributed by atoms with Crippen molar-refractivity contribution in [1.82, 2.24) is 0 Å². The maximum absolute atomic E-state index is 13.7. The fraction of sp³-hybridized carbons (Fsp3) is 0.714. The lowest BCUT2D eigenvalue weighted by Crippen LogP contribution is -2.24. The Bertz CT molecular complexity index is 418. The maximum atomic E-state index is 13.7. The Labute approximate surface area is 113 Å². The number of methoxy groups -OCH3 is 1. The van der Waals surface area contributed by atoms with E-state index in [1.807, 2.05) is 13.8 Å². The molecule has 0 heterocycles. The maximum Gasteiger partial charge on any atom is 0.367 e. The van der Waals surface area contributed by atoms with Gasteiger partial charge in [-0.15, -0.1) is 0 Å². The molecule has 4 nitrogen and oxygen atoms in total. The number of carbonyl (C=O) groups is 2. The number of hydrogen-bond acceptors (Lipinski definition) is 4.